The van der Waals surface area contributed by atoms with Crippen LogP contribution in [0.2, 0.25) is 5.15 Å². The molecule has 0 aliphatic rings. The number of hydrogen-bond donors (Lipinski definition) is 0. The molecule has 19 heavy (non-hydrogen) atoms. The lowest BCUT2D eigenvalue weighted by Gasteiger charge is -2.10. The normalized spacial score (nSPS) is 11.1. The van der Waals surface area contributed by atoms with Gasteiger partial charge in [-0.1, -0.05) is 53.5 Å². The summed E-state index contributed by atoms with van der Waals surface area (Å²) in [5.41, 5.74) is 1.99. The third kappa shape index (κ3) is 3.89. The maximum absolute atomic E-state index is 6.22. The van der Waals surface area contributed by atoms with Gasteiger partial charge in [0.25, 0.3) is 0 Å². The fourth-order valence-corrected chi connectivity index (χ4v) is 2.79. The van der Waals surface area contributed by atoms with Gasteiger partial charge in [0.05, 0.1) is 9.26 Å². The average molecular weight is 452 g/mol. The molecule has 0 N–H and O–H groups in total. The highest BCUT2D eigenvalue weighted by atomic mass is 127. The zero-order valence-corrected chi connectivity index (χ0v) is 15.1. The second-order valence-corrected chi connectivity index (χ2v) is 7.06. The lowest BCUT2D eigenvalue weighted by Crippen LogP contribution is -2.04. The molecular weight excluding hydrogens is 438 g/mol. The maximum atomic E-state index is 6.22. The van der Waals surface area contributed by atoms with Crippen LogP contribution in [0.1, 0.15) is 19.5 Å². The predicted octanol–water partition coefficient (Wildman–Crippen LogP) is 5.36. The Morgan fingerprint density at radius 3 is 2.68 bits per heavy atom. The van der Waals surface area contributed by atoms with Crippen LogP contribution in [0, 0.1) is 9.49 Å². The van der Waals surface area contributed by atoms with E-state index in [4.69, 9.17) is 11.6 Å². The topological polar surface area (TPSA) is 25.8 Å². The van der Waals surface area contributed by atoms with E-state index in [0.29, 0.717) is 16.9 Å². The summed E-state index contributed by atoms with van der Waals surface area (Å²) in [7, 11) is 0. The molecule has 0 fully saturated rings. The molecule has 1 aromatic heterocycles. The van der Waals surface area contributed by atoms with Gasteiger partial charge in [0.1, 0.15) is 5.15 Å². The van der Waals surface area contributed by atoms with Crippen LogP contribution in [0.4, 0.5) is 0 Å². The summed E-state index contributed by atoms with van der Waals surface area (Å²) in [6.07, 6.45) is 0.904. The van der Waals surface area contributed by atoms with Crippen molar-refractivity contribution in [3.63, 3.8) is 0 Å². The first-order chi connectivity index (χ1) is 8.97. The minimum absolute atomic E-state index is 0.529. The van der Waals surface area contributed by atoms with Crippen LogP contribution in [-0.2, 0) is 6.42 Å². The van der Waals surface area contributed by atoms with Gasteiger partial charge in [-0.3, -0.25) is 0 Å². The van der Waals surface area contributed by atoms with Gasteiger partial charge in [-0.05, 0) is 47.1 Å². The Labute approximate surface area is 140 Å². The number of hydrogen-bond acceptors (Lipinski definition) is 2. The molecule has 0 amide bonds. The van der Waals surface area contributed by atoms with Crippen molar-refractivity contribution < 1.29 is 0 Å². The molecule has 2 nitrogen and oxygen atoms in total. The molecule has 0 aliphatic heterocycles. The molecule has 0 aliphatic carbocycles. The number of nitrogens with zero attached hydrogens (tertiary/aromatic N) is 2. The summed E-state index contributed by atoms with van der Waals surface area (Å²) in [6, 6.07) is 7.93. The zero-order valence-electron chi connectivity index (χ0n) is 10.6. The van der Waals surface area contributed by atoms with Crippen molar-refractivity contribution in [2.75, 3.05) is 0 Å². The summed E-state index contributed by atoms with van der Waals surface area (Å²) in [5.74, 6) is 1.22. The monoisotopic (exact) mass is 450 g/mol. The van der Waals surface area contributed by atoms with Crippen molar-refractivity contribution in [1.82, 2.24) is 9.97 Å². The molecule has 0 spiro atoms. The van der Waals surface area contributed by atoms with E-state index in [-0.39, 0.29) is 0 Å². The average Bonchev–Trinajstić information content (AvgIpc) is 2.34. The Morgan fingerprint density at radius 1 is 1.32 bits per heavy atom. The molecule has 0 unspecified atom stereocenters. The van der Waals surface area contributed by atoms with E-state index in [1.165, 1.54) is 0 Å². The lowest BCUT2D eigenvalue weighted by atomic mass is 10.1. The van der Waals surface area contributed by atoms with E-state index < -0.39 is 0 Å². The van der Waals surface area contributed by atoms with Crippen molar-refractivity contribution >= 4 is 50.1 Å². The number of rotatable bonds is 3. The molecule has 0 saturated heterocycles. The molecule has 0 atom stereocenters. The quantitative estimate of drug-likeness (QED) is 0.464. The van der Waals surface area contributed by atoms with Crippen LogP contribution in [0.25, 0.3) is 11.4 Å². The molecule has 2 aromatic rings. The van der Waals surface area contributed by atoms with Crippen molar-refractivity contribution in [2.45, 2.75) is 20.3 Å². The summed E-state index contributed by atoms with van der Waals surface area (Å²) in [4.78, 5) is 9.04. The van der Waals surface area contributed by atoms with E-state index in [1.807, 2.05) is 24.3 Å². The Kier molecular flexibility index (Phi) is 5.20. The van der Waals surface area contributed by atoms with Crippen LogP contribution in [0.5, 0.6) is 0 Å². The standard InChI is InChI=1S/C14H13BrClIN2/c1-8(2)6-11-12(17)13(16)19-14(18-11)9-4-3-5-10(15)7-9/h3-5,7-8H,6H2,1-2H3. The number of halogens is 3. The first-order valence-corrected chi connectivity index (χ1v) is 8.20. The van der Waals surface area contributed by atoms with Crippen LogP contribution in [0.15, 0.2) is 28.7 Å². The minimum atomic E-state index is 0.529. The van der Waals surface area contributed by atoms with Crippen molar-refractivity contribution in [3.05, 3.63) is 43.2 Å². The van der Waals surface area contributed by atoms with Gasteiger partial charge in [-0.15, -0.1) is 0 Å². The molecule has 0 radical (unpaired) electrons. The molecule has 0 saturated carbocycles. The van der Waals surface area contributed by atoms with E-state index >= 15 is 0 Å². The Morgan fingerprint density at radius 2 is 2.05 bits per heavy atom. The summed E-state index contributed by atoms with van der Waals surface area (Å²) in [6.45, 7) is 4.34. The molecule has 1 heterocycles. The summed E-state index contributed by atoms with van der Waals surface area (Å²) >= 11 is 11.9. The van der Waals surface area contributed by atoms with E-state index in [9.17, 15) is 0 Å². The minimum Gasteiger partial charge on any atom is -0.232 e. The van der Waals surface area contributed by atoms with Crippen LogP contribution < -0.4 is 0 Å². The molecule has 5 heteroatoms. The smallest absolute Gasteiger partial charge is 0.161 e. The molecule has 1 aromatic carbocycles. The third-order valence-electron chi connectivity index (χ3n) is 2.56. The molecule has 100 valence electrons. The van der Waals surface area contributed by atoms with Gasteiger partial charge < -0.3 is 0 Å². The SMILES string of the molecule is CC(C)Cc1nc(-c2cccc(Br)c2)nc(Cl)c1I. The summed E-state index contributed by atoms with van der Waals surface area (Å²) in [5, 5.41) is 0.529. The highest BCUT2D eigenvalue weighted by Gasteiger charge is 2.13. The van der Waals surface area contributed by atoms with Crippen LogP contribution in [0.3, 0.4) is 0 Å². The van der Waals surface area contributed by atoms with Gasteiger partial charge in [0, 0.05) is 10.0 Å². The number of aromatic nitrogens is 2. The second kappa shape index (κ2) is 6.50. The lowest BCUT2D eigenvalue weighted by molar-refractivity contribution is 0.632. The van der Waals surface area contributed by atoms with Crippen molar-refractivity contribution in [3.8, 4) is 11.4 Å². The Balaban J connectivity index is 2.50. The third-order valence-corrected chi connectivity index (χ3v) is 4.78. The Hall–Kier alpha value is -0.200. The van der Waals surface area contributed by atoms with Gasteiger partial charge in [-0.25, -0.2) is 9.97 Å². The van der Waals surface area contributed by atoms with E-state index in [2.05, 4.69) is 62.3 Å². The molecular formula is C14H13BrClIN2. The highest BCUT2D eigenvalue weighted by molar-refractivity contribution is 14.1. The van der Waals surface area contributed by atoms with Crippen molar-refractivity contribution in [2.24, 2.45) is 5.92 Å². The van der Waals surface area contributed by atoms with Gasteiger partial charge >= 0.3 is 0 Å². The van der Waals surface area contributed by atoms with E-state index in [1.54, 1.807) is 0 Å². The van der Waals surface area contributed by atoms with Gasteiger partial charge in [0.15, 0.2) is 5.82 Å². The number of benzene rings is 1. The first-order valence-electron chi connectivity index (χ1n) is 5.95. The predicted molar refractivity (Wildman–Crippen MR) is 91.4 cm³/mol. The first kappa shape index (κ1) is 15.2. The second-order valence-electron chi connectivity index (χ2n) is 4.71. The zero-order chi connectivity index (χ0) is 14.0. The van der Waals surface area contributed by atoms with Gasteiger partial charge in [-0.2, -0.15) is 0 Å². The fraction of sp³-hybridized carbons (Fsp3) is 0.286. The molecule has 0 bridgehead atoms. The maximum Gasteiger partial charge on any atom is 0.161 e. The Bertz CT molecular complexity index is 602. The summed E-state index contributed by atoms with van der Waals surface area (Å²) < 4.78 is 1.96. The highest BCUT2D eigenvalue weighted by Crippen LogP contribution is 2.26. The van der Waals surface area contributed by atoms with Crippen LogP contribution >= 0.6 is 50.1 Å². The van der Waals surface area contributed by atoms with Crippen molar-refractivity contribution in [1.29, 1.82) is 0 Å². The van der Waals surface area contributed by atoms with Crippen LogP contribution in [-0.4, -0.2) is 9.97 Å². The fourth-order valence-electron chi connectivity index (χ4n) is 1.74. The molecule has 2 rings (SSSR count). The van der Waals surface area contributed by atoms with Gasteiger partial charge in [0.2, 0.25) is 0 Å². The largest absolute Gasteiger partial charge is 0.232 e. The van der Waals surface area contributed by atoms with E-state index in [0.717, 1.165) is 25.7 Å².